The number of carbonyl (C=O) groups excluding carboxylic acids is 1. The van der Waals surface area contributed by atoms with E-state index in [1.165, 1.54) is 0 Å². The number of nitrogens with zero attached hydrogens (tertiary/aromatic N) is 2. The van der Waals surface area contributed by atoms with Crippen molar-refractivity contribution in [2.24, 2.45) is 0 Å². The molecule has 0 unspecified atom stereocenters. The lowest BCUT2D eigenvalue weighted by atomic mass is 9.76. The summed E-state index contributed by atoms with van der Waals surface area (Å²) in [6, 6.07) is 13.6. The van der Waals surface area contributed by atoms with Gasteiger partial charge in [0, 0.05) is 34.2 Å². The molecule has 0 amide bonds. The highest BCUT2D eigenvalue weighted by molar-refractivity contribution is 6.30. The van der Waals surface area contributed by atoms with Crippen molar-refractivity contribution >= 4 is 23.2 Å². The topological polar surface area (TPSA) is 65.4 Å². The lowest BCUT2D eigenvalue weighted by Crippen LogP contribution is -2.27. The second kappa shape index (κ2) is 7.41. The number of aromatic nitrogens is 2. The van der Waals surface area contributed by atoms with Crippen molar-refractivity contribution in [1.29, 1.82) is 0 Å². The minimum Gasteiger partial charge on any atom is -0.486 e. The van der Waals surface area contributed by atoms with Crippen molar-refractivity contribution in [3.63, 3.8) is 0 Å². The van der Waals surface area contributed by atoms with Crippen LogP contribution in [0.3, 0.4) is 0 Å². The third kappa shape index (κ3) is 3.01. The van der Waals surface area contributed by atoms with Gasteiger partial charge in [-0.3, -0.25) is 4.79 Å². The van der Waals surface area contributed by atoms with Crippen LogP contribution >= 0.6 is 11.6 Å². The Labute approximate surface area is 190 Å². The number of hydrogen-bond donors (Lipinski definition) is 1. The molecular formula is C25H22ClN3O3. The molecule has 0 spiro atoms. The van der Waals surface area contributed by atoms with Gasteiger partial charge < -0.3 is 14.8 Å². The van der Waals surface area contributed by atoms with Crippen LogP contribution in [-0.2, 0) is 4.79 Å². The molecule has 32 heavy (non-hydrogen) atoms. The zero-order valence-electron chi connectivity index (χ0n) is 17.7. The van der Waals surface area contributed by atoms with Crippen LogP contribution in [0.4, 0.5) is 5.82 Å². The van der Waals surface area contributed by atoms with Gasteiger partial charge >= 0.3 is 0 Å². The van der Waals surface area contributed by atoms with Gasteiger partial charge in [-0.05, 0) is 55.7 Å². The molecule has 1 atom stereocenters. The number of halogens is 1. The fraction of sp³-hybridized carbons (Fsp3) is 0.280. The van der Waals surface area contributed by atoms with E-state index in [0.29, 0.717) is 24.7 Å². The zero-order valence-corrected chi connectivity index (χ0v) is 18.4. The van der Waals surface area contributed by atoms with Crippen molar-refractivity contribution in [3.05, 3.63) is 75.6 Å². The van der Waals surface area contributed by atoms with Crippen LogP contribution in [0.15, 0.2) is 53.7 Å². The minimum absolute atomic E-state index is 0.194. The second-order valence-electron chi connectivity index (χ2n) is 8.37. The van der Waals surface area contributed by atoms with Crippen LogP contribution in [0.1, 0.15) is 42.0 Å². The number of rotatable bonds is 2. The quantitative estimate of drug-likeness (QED) is 0.587. The monoisotopic (exact) mass is 447 g/mol. The molecule has 3 aromatic rings. The Morgan fingerprint density at radius 2 is 1.94 bits per heavy atom. The summed E-state index contributed by atoms with van der Waals surface area (Å²) in [5, 5.41) is 9.06. The van der Waals surface area contributed by atoms with E-state index in [1.807, 2.05) is 54.1 Å². The number of Topliss-reactive ketones (excluding diaryl/α,β-unsaturated/α-hetero) is 1. The molecule has 0 fully saturated rings. The van der Waals surface area contributed by atoms with E-state index < -0.39 is 0 Å². The van der Waals surface area contributed by atoms with E-state index in [0.717, 1.165) is 63.9 Å². The summed E-state index contributed by atoms with van der Waals surface area (Å²) in [6.07, 6.45) is 2.25. The molecule has 6 rings (SSSR count). The second-order valence-corrected chi connectivity index (χ2v) is 8.81. The van der Waals surface area contributed by atoms with Crippen LogP contribution < -0.4 is 14.8 Å². The van der Waals surface area contributed by atoms with Crippen molar-refractivity contribution in [2.45, 2.75) is 32.1 Å². The Bertz CT molecular complexity index is 1290. The Kier molecular flexibility index (Phi) is 4.50. The zero-order chi connectivity index (χ0) is 21.8. The molecule has 162 valence electrons. The first-order chi connectivity index (χ1) is 15.6. The number of ether oxygens (including phenoxy) is 2. The normalized spacial score (nSPS) is 19.3. The smallest absolute Gasteiger partial charge is 0.161 e. The molecular weight excluding hydrogens is 426 g/mol. The molecule has 3 heterocycles. The van der Waals surface area contributed by atoms with Crippen molar-refractivity contribution in [1.82, 2.24) is 9.78 Å². The first kappa shape index (κ1) is 19.4. The largest absolute Gasteiger partial charge is 0.486 e. The molecule has 6 nitrogen and oxygen atoms in total. The lowest BCUT2D eigenvalue weighted by Gasteiger charge is -2.33. The van der Waals surface area contributed by atoms with Crippen LogP contribution in [0, 0.1) is 6.92 Å². The first-order valence-corrected chi connectivity index (χ1v) is 11.3. The average Bonchev–Trinajstić information content (AvgIpc) is 3.14. The third-order valence-electron chi connectivity index (χ3n) is 6.36. The number of ketones is 1. The highest BCUT2D eigenvalue weighted by Gasteiger charge is 2.39. The van der Waals surface area contributed by atoms with Crippen LogP contribution in [0.5, 0.6) is 11.5 Å². The number of aryl methyl sites for hydroxylation is 1. The molecule has 0 saturated carbocycles. The average molecular weight is 448 g/mol. The molecule has 0 radical (unpaired) electrons. The number of anilines is 1. The van der Waals surface area contributed by atoms with E-state index in [2.05, 4.69) is 5.32 Å². The summed E-state index contributed by atoms with van der Waals surface area (Å²) in [5.74, 6) is 2.33. The number of benzene rings is 2. The van der Waals surface area contributed by atoms with Gasteiger partial charge in [-0.15, -0.1) is 0 Å². The summed E-state index contributed by atoms with van der Waals surface area (Å²) in [5.41, 5.74) is 5.59. The van der Waals surface area contributed by atoms with E-state index in [4.69, 9.17) is 26.2 Å². The Morgan fingerprint density at radius 1 is 1.09 bits per heavy atom. The van der Waals surface area contributed by atoms with Gasteiger partial charge in [0.05, 0.1) is 11.4 Å². The van der Waals surface area contributed by atoms with Gasteiger partial charge in [-0.1, -0.05) is 23.7 Å². The van der Waals surface area contributed by atoms with Crippen molar-refractivity contribution < 1.29 is 14.3 Å². The maximum atomic E-state index is 13.1. The van der Waals surface area contributed by atoms with Crippen molar-refractivity contribution in [2.75, 3.05) is 18.5 Å². The maximum Gasteiger partial charge on any atom is 0.161 e. The van der Waals surface area contributed by atoms with Crippen LogP contribution in [-0.4, -0.2) is 28.8 Å². The molecule has 2 aromatic carbocycles. The molecule has 7 heteroatoms. The minimum atomic E-state index is -0.210. The molecule has 3 aliphatic rings. The molecule has 1 aromatic heterocycles. The Hall–Kier alpha value is -3.25. The van der Waals surface area contributed by atoms with E-state index in [9.17, 15) is 4.79 Å². The van der Waals surface area contributed by atoms with Crippen molar-refractivity contribution in [3.8, 4) is 17.2 Å². The molecule has 2 aliphatic heterocycles. The van der Waals surface area contributed by atoms with E-state index in [-0.39, 0.29) is 11.7 Å². The number of allylic oxidation sites excluding steroid dienone is 2. The SMILES string of the molecule is Cc1nn(-c2cccc(Cl)c2)c2c1[C@@H](c1ccc3c(c1)OCCO3)C1=C(CCCC1=O)N2. The number of fused-ring (bicyclic) bond motifs is 2. The van der Waals surface area contributed by atoms with Crippen LogP contribution in [0.2, 0.25) is 5.02 Å². The standard InChI is InChI=1S/C25H22ClN3O3/c1-14-22-23(15-8-9-20-21(12-15)32-11-10-31-20)24-18(6-3-7-19(24)30)27-25(22)29(28-14)17-5-2-4-16(26)13-17/h2,4-5,8-9,12-13,23,27H,3,6-7,10-11H2,1H3/t23-/m1/s1. The molecule has 1 aliphatic carbocycles. The fourth-order valence-electron chi connectivity index (χ4n) is 4.99. The van der Waals surface area contributed by atoms with Gasteiger partial charge in [0.1, 0.15) is 19.0 Å². The van der Waals surface area contributed by atoms with Gasteiger partial charge in [0.25, 0.3) is 0 Å². The fourth-order valence-corrected chi connectivity index (χ4v) is 5.17. The predicted octanol–water partition coefficient (Wildman–Crippen LogP) is 5.17. The summed E-state index contributed by atoms with van der Waals surface area (Å²) < 4.78 is 13.5. The van der Waals surface area contributed by atoms with E-state index >= 15 is 0 Å². The first-order valence-electron chi connectivity index (χ1n) is 10.9. The predicted molar refractivity (Wildman–Crippen MR) is 122 cm³/mol. The highest BCUT2D eigenvalue weighted by atomic mass is 35.5. The Balaban J connectivity index is 1.57. The third-order valence-corrected chi connectivity index (χ3v) is 6.60. The summed E-state index contributed by atoms with van der Waals surface area (Å²) >= 11 is 6.27. The van der Waals surface area contributed by atoms with Crippen LogP contribution in [0.25, 0.3) is 5.69 Å². The van der Waals surface area contributed by atoms with Gasteiger partial charge in [-0.25, -0.2) is 4.68 Å². The lowest BCUT2D eigenvalue weighted by molar-refractivity contribution is -0.116. The molecule has 0 bridgehead atoms. The molecule has 0 saturated heterocycles. The highest BCUT2D eigenvalue weighted by Crippen LogP contribution is 2.48. The number of nitrogens with one attached hydrogen (secondary N) is 1. The maximum absolute atomic E-state index is 13.1. The van der Waals surface area contributed by atoms with E-state index in [1.54, 1.807) is 0 Å². The summed E-state index contributed by atoms with van der Waals surface area (Å²) in [7, 11) is 0. The Morgan fingerprint density at radius 3 is 2.78 bits per heavy atom. The summed E-state index contributed by atoms with van der Waals surface area (Å²) in [4.78, 5) is 13.1. The number of carbonyl (C=O) groups is 1. The molecule has 1 N–H and O–H groups in total. The number of hydrogen-bond acceptors (Lipinski definition) is 5. The summed E-state index contributed by atoms with van der Waals surface area (Å²) in [6.45, 7) is 3.06. The van der Waals surface area contributed by atoms with Gasteiger partial charge in [-0.2, -0.15) is 5.10 Å². The van der Waals surface area contributed by atoms with Gasteiger partial charge in [0.2, 0.25) is 0 Å². The van der Waals surface area contributed by atoms with Gasteiger partial charge in [0.15, 0.2) is 17.3 Å².